The second kappa shape index (κ2) is 9.92. The van der Waals surface area contributed by atoms with E-state index in [1.807, 2.05) is 12.3 Å². The Hall–Kier alpha value is -4.05. The normalized spacial score (nSPS) is 16.6. The van der Waals surface area contributed by atoms with Crippen LogP contribution in [0.3, 0.4) is 0 Å². The first-order valence-electron chi connectivity index (χ1n) is 12.7. The maximum absolute atomic E-state index is 13.9. The smallest absolute Gasteiger partial charge is 0.213 e. The van der Waals surface area contributed by atoms with Crippen molar-refractivity contribution < 1.29 is 4.39 Å². The number of terminal acetylenes is 1. The van der Waals surface area contributed by atoms with Gasteiger partial charge in [-0.1, -0.05) is 44.4 Å². The molecule has 10 heteroatoms. The Morgan fingerprint density at radius 2 is 2.08 bits per heavy atom. The van der Waals surface area contributed by atoms with Gasteiger partial charge >= 0.3 is 0 Å². The first kappa shape index (κ1) is 26.6. The van der Waals surface area contributed by atoms with E-state index in [-0.39, 0.29) is 5.41 Å². The number of hydrazine groups is 2. The zero-order valence-electron chi connectivity index (χ0n) is 22.3. The van der Waals surface area contributed by atoms with Gasteiger partial charge in [0.25, 0.3) is 0 Å². The highest BCUT2D eigenvalue weighted by Crippen LogP contribution is 2.42. The minimum absolute atomic E-state index is 0.0150. The molecule has 0 amide bonds. The van der Waals surface area contributed by atoms with Crippen LogP contribution in [0.15, 0.2) is 42.4 Å². The van der Waals surface area contributed by atoms with Gasteiger partial charge < -0.3 is 16.1 Å². The van der Waals surface area contributed by atoms with Crippen LogP contribution in [0, 0.1) is 42.0 Å². The molecular formula is C29H30ClFN8. The van der Waals surface area contributed by atoms with Gasteiger partial charge in [0.15, 0.2) is 0 Å². The van der Waals surface area contributed by atoms with Gasteiger partial charge in [-0.25, -0.2) is 4.98 Å². The fourth-order valence-electron chi connectivity index (χ4n) is 4.56. The minimum atomic E-state index is -0.577. The van der Waals surface area contributed by atoms with Gasteiger partial charge in [0.1, 0.15) is 5.54 Å². The largest absolute Gasteiger partial charge is 0.383 e. The summed E-state index contributed by atoms with van der Waals surface area (Å²) < 4.78 is 13.9. The Kier molecular flexibility index (Phi) is 6.76. The van der Waals surface area contributed by atoms with Gasteiger partial charge in [-0.05, 0) is 43.4 Å². The number of nitriles is 1. The third-order valence-corrected chi connectivity index (χ3v) is 7.17. The van der Waals surface area contributed by atoms with Gasteiger partial charge in [0, 0.05) is 41.3 Å². The summed E-state index contributed by atoms with van der Waals surface area (Å²) in [6.07, 6.45) is 10.9. The predicted octanol–water partition coefficient (Wildman–Crippen LogP) is 5.55. The van der Waals surface area contributed by atoms with E-state index in [0.29, 0.717) is 34.0 Å². The molecule has 200 valence electrons. The van der Waals surface area contributed by atoms with Gasteiger partial charge in [-0.3, -0.25) is 9.99 Å². The number of pyridine rings is 2. The predicted molar refractivity (Wildman–Crippen MR) is 152 cm³/mol. The number of anilines is 2. The van der Waals surface area contributed by atoms with E-state index in [2.05, 4.69) is 64.3 Å². The second-order valence-electron chi connectivity index (χ2n) is 11.2. The van der Waals surface area contributed by atoms with Crippen LogP contribution in [0.5, 0.6) is 0 Å². The van der Waals surface area contributed by atoms with Crippen molar-refractivity contribution >= 4 is 33.9 Å². The molecule has 1 saturated carbocycles. The maximum Gasteiger partial charge on any atom is 0.213 e. The van der Waals surface area contributed by atoms with Crippen molar-refractivity contribution in [3.05, 3.63) is 70.2 Å². The highest BCUT2D eigenvalue weighted by molar-refractivity contribution is 6.35. The zero-order chi connectivity index (χ0) is 27.9. The summed E-state index contributed by atoms with van der Waals surface area (Å²) >= 11 is 6.74. The third-order valence-electron chi connectivity index (χ3n) is 6.88. The fraction of sp³-hybridized carbons (Fsp3) is 0.345. The van der Waals surface area contributed by atoms with Crippen LogP contribution in [0.25, 0.3) is 10.9 Å². The summed E-state index contributed by atoms with van der Waals surface area (Å²) in [7, 11) is 0. The summed E-state index contributed by atoms with van der Waals surface area (Å²) in [5.41, 5.74) is 10.5. The van der Waals surface area contributed by atoms with Crippen molar-refractivity contribution in [3.63, 3.8) is 0 Å². The van der Waals surface area contributed by atoms with Gasteiger partial charge in [-0.15, -0.1) is 12.0 Å². The summed E-state index contributed by atoms with van der Waals surface area (Å²) in [4.78, 5) is 8.56. The van der Waals surface area contributed by atoms with E-state index in [1.54, 1.807) is 30.3 Å². The lowest BCUT2D eigenvalue weighted by Crippen LogP contribution is -2.44. The molecule has 1 fully saturated rings. The number of benzene rings is 1. The number of nitrogens with one attached hydrogen (secondary N) is 4. The van der Waals surface area contributed by atoms with Crippen LogP contribution in [-0.2, 0) is 0 Å². The van der Waals surface area contributed by atoms with Crippen molar-refractivity contribution in [2.24, 2.45) is 5.41 Å². The van der Waals surface area contributed by atoms with Crippen molar-refractivity contribution in [3.8, 4) is 18.4 Å². The molecule has 3 heterocycles. The van der Waals surface area contributed by atoms with E-state index < -0.39 is 17.5 Å². The number of nitrogens with zero attached hydrogens (tertiary/aromatic N) is 4. The molecule has 5 rings (SSSR count). The van der Waals surface area contributed by atoms with Crippen molar-refractivity contribution in [2.45, 2.75) is 52.1 Å². The molecule has 0 radical (unpaired) electrons. The van der Waals surface area contributed by atoms with Crippen LogP contribution in [-0.4, -0.2) is 27.1 Å². The van der Waals surface area contributed by atoms with Crippen LogP contribution in [0.1, 0.15) is 56.5 Å². The van der Waals surface area contributed by atoms with Gasteiger partial charge in [0.2, 0.25) is 5.95 Å². The van der Waals surface area contributed by atoms with E-state index in [4.69, 9.17) is 18.0 Å². The molecule has 8 nitrogen and oxygen atoms in total. The van der Waals surface area contributed by atoms with Crippen LogP contribution >= 0.6 is 11.6 Å². The SMILES string of the molecule is C#Cc1cnc2c(Cl)cc(N[C@H](C3=CN(C4(C#N)CC4)NN3)c3ccc(F)nc3C)cc2c1NCC(C)(C)C. The van der Waals surface area contributed by atoms with Crippen molar-refractivity contribution in [1.82, 2.24) is 25.9 Å². The molecule has 2 aromatic heterocycles. The topological polar surface area (TPSA) is 101 Å². The van der Waals surface area contributed by atoms with Crippen LogP contribution < -0.4 is 21.6 Å². The number of hydrogen-bond donors (Lipinski definition) is 4. The fourth-order valence-corrected chi connectivity index (χ4v) is 4.83. The molecule has 0 spiro atoms. The van der Waals surface area contributed by atoms with E-state index >= 15 is 0 Å². The van der Waals surface area contributed by atoms with Gasteiger partial charge in [0.05, 0.1) is 39.6 Å². The average Bonchev–Trinajstić information content (AvgIpc) is 3.53. The molecule has 1 aliphatic carbocycles. The summed E-state index contributed by atoms with van der Waals surface area (Å²) in [5.74, 6) is 2.17. The third kappa shape index (κ3) is 5.29. The van der Waals surface area contributed by atoms with E-state index in [0.717, 1.165) is 35.2 Å². The van der Waals surface area contributed by atoms with Crippen molar-refractivity contribution in [1.29, 1.82) is 5.26 Å². The Balaban J connectivity index is 1.58. The van der Waals surface area contributed by atoms with E-state index in [9.17, 15) is 9.65 Å². The Morgan fingerprint density at radius 1 is 1.31 bits per heavy atom. The quantitative estimate of drug-likeness (QED) is 0.227. The number of aryl methyl sites for hydroxylation is 1. The minimum Gasteiger partial charge on any atom is -0.383 e. The van der Waals surface area contributed by atoms with Crippen molar-refractivity contribution in [2.75, 3.05) is 17.2 Å². The Morgan fingerprint density at radius 3 is 2.72 bits per heavy atom. The van der Waals surface area contributed by atoms with E-state index in [1.165, 1.54) is 6.07 Å². The lowest BCUT2D eigenvalue weighted by molar-refractivity contribution is 0.217. The molecule has 0 bridgehead atoms. The number of aromatic nitrogens is 2. The lowest BCUT2D eigenvalue weighted by atomic mass is 9.96. The molecule has 4 N–H and O–H groups in total. The summed E-state index contributed by atoms with van der Waals surface area (Å²) in [6.45, 7) is 8.87. The molecule has 0 saturated heterocycles. The standard InChI is InChI=1S/C29H30ClFN8/c1-6-18-13-33-26-21(25(18)34-16-28(3,4)5)11-19(12-22(26)30)36-27(20-7-8-24(31)35-17(20)2)23-14-39(38-37-23)29(15-32)9-10-29/h1,7-8,11-14,27,36-38H,9-10,16H2,2-5H3,(H,33,34)/t27-/m0/s1. The zero-order valence-corrected chi connectivity index (χ0v) is 23.0. The average molecular weight is 545 g/mol. The first-order valence-corrected chi connectivity index (χ1v) is 13.1. The highest BCUT2D eigenvalue weighted by atomic mass is 35.5. The maximum atomic E-state index is 13.9. The van der Waals surface area contributed by atoms with Gasteiger partial charge in [-0.2, -0.15) is 9.65 Å². The number of rotatable bonds is 7. The highest BCUT2D eigenvalue weighted by Gasteiger charge is 2.50. The number of halogens is 2. The second-order valence-corrected chi connectivity index (χ2v) is 11.6. The van der Waals surface area contributed by atoms with Crippen LogP contribution in [0.4, 0.5) is 15.8 Å². The first-order chi connectivity index (χ1) is 18.5. The Labute approximate surface area is 232 Å². The lowest BCUT2D eigenvalue weighted by Gasteiger charge is -2.24. The summed E-state index contributed by atoms with van der Waals surface area (Å²) in [5, 5.41) is 19.7. The molecule has 1 atom stereocenters. The molecule has 1 aromatic carbocycles. The molecule has 0 unspecified atom stereocenters. The Bertz CT molecular complexity index is 1560. The molecular weight excluding hydrogens is 515 g/mol. The molecule has 2 aliphatic rings. The van der Waals surface area contributed by atoms with Crippen LogP contribution in [0.2, 0.25) is 5.02 Å². The number of hydrogen-bond acceptors (Lipinski definition) is 8. The summed E-state index contributed by atoms with van der Waals surface area (Å²) in [6, 6.07) is 8.71. The monoisotopic (exact) mass is 544 g/mol. The molecule has 1 aliphatic heterocycles. The number of fused-ring (bicyclic) bond motifs is 1. The molecule has 3 aromatic rings. The molecule has 39 heavy (non-hydrogen) atoms.